The molecule has 1 radical (unpaired) electrons. The fraction of sp³-hybridized carbons (Fsp3) is 0.571. The Balaban J connectivity index is 2.15. The Kier molecular flexibility index (Phi) is 2.74. The Morgan fingerprint density at radius 3 is 2.89 bits per heavy atom. The Labute approximate surface area is 55.5 Å². The second-order valence-corrected chi connectivity index (χ2v) is 1.91. The van der Waals surface area contributed by atoms with Crippen LogP contribution < -0.4 is 0 Å². The van der Waals surface area contributed by atoms with E-state index in [0.29, 0.717) is 13.2 Å². The summed E-state index contributed by atoms with van der Waals surface area (Å²) < 4.78 is 10.4. The summed E-state index contributed by atoms with van der Waals surface area (Å²) in [5.74, 6) is 0. The van der Waals surface area contributed by atoms with Crippen LogP contribution in [-0.4, -0.2) is 25.9 Å². The minimum absolute atomic E-state index is 0.135. The molecule has 1 saturated heterocycles. The molecule has 51 valence electrons. The molecule has 0 aromatic heterocycles. The summed E-state index contributed by atoms with van der Waals surface area (Å²) in [6.07, 6.45) is 3.77. The molecule has 0 aromatic rings. The van der Waals surface area contributed by atoms with Crippen molar-refractivity contribution in [1.29, 1.82) is 0 Å². The lowest BCUT2D eigenvalue weighted by atomic mass is 10.2. The van der Waals surface area contributed by atoms with E-state index in [1.165, 1.54) is 0 Å². The average molecular weight is 127 g/mol. The molecule has 1 aliphatic rings. The SMILES string of the molecule is C=C[CH]C1COCCO1. The van der Waals surface area contributed by atoms with Gasteiger partial charge in [-0.05, 0) is 0 Å². The van der Waals surface area contributed by atoms with Gasteiger partial charge >= 0.3 is 0 Å². The van der Waals surface area contributed by atoms with Gasteiger partial charge < -0.3 is 9.47 Å². The van der Waals surface area contributed by atoms with Gasteiger partial charge in [0.2, 0.25) is 0 Å². The molecule has 1 atom stereocenters. The van der Waals surface area contributed by atoms with Crippen LogP contribution in [-0.2, 0) is 9.47 Å². The van der Waals surface area contributed by atoms with Crippen LogP contribution in [0, 0.1) is 6.42 Å². The second-order valence-electron chi connectivity index (χ2n) is 1.91. The molecule has 0 aliphatic carbocycles. The highest BCUT2D eigenvalue weighted by Gasteiger charge is 2.11. The number of ether oxygens (including phenoxy) is 2. The smallest absolute Gasteiger partial charge is 0.0878 e. The highest BCUT2D eigenvalue weighted by Crippen LogP contribution is 2.03. The van der Waals surface area contributed by atoms with Crippen LogP contribution in [0.3, 0.4) is 0 Å². The lowest BCUT2D eigenvalue weighted by Crippen LogP contribution is -2.28. The fourth-order valence-electron chi connectivity index (χ4n) is 0.769. The first kappa shape index (κ1) is 6.78. The first-order valence-corrected chi connectivity index (χ1v) is 3.08. The molecule has 1 rings (SSSR count). The fourth-order valence-corrected chi connectivity index (χ4v) is 0.769. The molecule has 0 spiro atoms. The minimum Gasteiger partial charge on any atom is -0.376 e. The molecule has 0 bridgehead atoms. The predicted molar refractivity (Wildman–Crippen MR) is 35.1 cm³/mol. The summed E-state index contributed by atoms with van der Waals surface area (Å²) >= 11 is 0. The summed E-state index contributed by atoms with van der Waals surface area (Å²) in [4.78, 5) is 0. The Morgan fingerprint density at radius 2 is 2.33 bits per heavy atom. The molecule has 1 fully saturated rings. The molecule has 1 unspecified atom stereocenters. The second kappa shape index (κ2) is 3.64. The Hall–Kier alpha value is -0.340. The number of hydrogen-bond donors (Lipinski definition) is 0. The van der Waals surface area contributed by atoms with Crippen LogP contribution >= 0.6 is 0 Å². The third-order valence-corrected chi connectivity index (χ3v) is 1.19. The van der Waals surface area contributed by atoms with Gasteiger partial charge in [-0.1, -0.05) is 6.08 Å². The maximum absolute atomic E-state index is 5.27. The molecular formula is C7H11O2. The third-order valence-electron chi connectivity index (χ3n) is 1.19. The lowest BCUT2D eigenvalue weighted by molar-refractivity contribution is -0.0723. The highest BCUT2D eigenvalue weighted by molar-refractivity contribution is 4.94. The molecule has 0 saturated carbocycles. The van der Waals surface area contributed by atoms with E-state index < -0.39 is 0 Å². The first-order chi connectivity index (χ1) is 4.43. The zero-order chi connectivity index (χ0) is 6.53. The van der Waals surface area contributed by atoms with Crippen LogP contribution in [0.2, 0.25) is 0 Å². The quantitative estimate of drug-likeness (QED) is 0.546. The van der Waals surface area contributed by atoms with E-state index in [4.69, 9.17) is 9.47 Å². The van der Waals surface area contributed by atoms with Gasteiger partial charge in [0, 0.05) is 6.42 Å². The molecule has 2 nitrogen and oxygen atoms in total. The van der Waals surface area contributed by atoms with Gasteiger partial charge in [-0.3, -0.25) is 0 Å². The van der Waals surface area contributed by atoms with Crippen molar-refractivity contribution >= 4 is 0 Å². The standard InChI is InChI=1S/C7H11O2/c1-2-3-7-6-8-4-5-9-7/h2-3,7H,1,4-6H2. The van der Waals surface area contributed by atoms with Crippen molar-refractivity contribution in [1.82, 2.24) is 0 Å². The normalized spacial score (nSPS) is 27.8. The maximum atomic E-state index is 5.27. The van der Waals surface area contributed by atoms with Crippen LogP contribution in [0.5, 0.6) is 0 Å². The van der Waals surface area contributed by atoms with Gasteiger partial charge in [-0.25, -0.2) is 0 Å². The van der Waals surface area contributed by atoms with E-state index in [9.17, 15) is 0 Å². The Morgan fingerprint density at radius 1 is 1.44 bits per heavy atom. The molecular weight excluding hydrogens is 116 g/mol. The van der Waals surface area contributed by atoms with Gasteiger partial charge in [0.15, 0.2) is 0 Å². The van der Waals surface area contributed by atoms with Crippen molar-refractivity contribution in [3.8, 4) is 0 Å². The van der Waals surface area contributed by atoms with E-state index >= 15 is 0 Å². The van der Waals surface area contributed by atoms with Gasteiger partial charge in [0.05, 0.1) is 25.9 Å². The highest BCUT2D eigenvalue weighted by atomic mass is 16.6. The van der Waals surface area contributed by atoms with E-state index in [2.05, 4.69) is 6.58 Å². The molecule has 0 N–H and O–H groups in total. The third kappa shape index (κ3) is 2.16. The summed E-state index contributed by atoms with van der Waals surface area (Å²) in [5, 5.41) is 0. The molecule has 0 aromatic carbocycles. The Bertz CT molecular complexity index is 84.9. The maximum Gasteiger partial charge on any atom is 0.0878 e. The number of hydrogen-bond acceptors (Lipinski definition) is 2. The summed E-state index contributed by atoms with van der Waals surface area (Å²) in [5.41, 5.74) is 0. The monoisotopic (exact) mass is 127 g/mol. The van der Waals surface area contributed by atoms with Crippen LogP contribution in [0.15, 0.2) is 12.7 Å². The largest absolute Gasteiger partial charge is 0.376 e. The summed E-state index contributed by atoms with van der Waals surface area (Å²) in [6.45, 7) is 5.66. The van der Waals surface area contributed by atoms with Crippen molar-refractivity contribution < 1.29 is 9.47 Å². The number of rotatable bonds is 2. The van der Waals surface area contributed by atoms with Crippen molar-refractivity contribution in [2.45, 2.75) is 6.10 Å². The molecule has 1 heterocycles. The van der Waals surface area contributed by atoms with Crippen molar-refractivity contribution in [3.05, 3.63) is 19.1 Å². The van der Waals surface area contributed by atoms with Crippen molar-refractivity contribution in [2.24, 2.45) is 0 Å². The first-order valence-electron chi connectivity index (χ1n) is 3.08. The summed E-state index contributed by atoms with van der Waals surface area (Å²) in [6, 6.07) is 0. The van der Waals surface area contributed by atoms with Crippen molar-refractivity contribution in [2.75, 3.05) is 19.8 Å². The van der Waals surface area contributed by atoms with Gasteiger partial charge in [0.1, 0.15) is 0 Å². The zero-order valence-electron chi connectivity index (χ0n) is 5.38. The molecule has 0 amide bonds. The van der Waals surface area contributed by atoms with E-state index in [0.717, 1.165) is 6.61 Å². The van der Waals surface area contributed by atoms with E-state index in [-0.39, 0.29) is 6.10 Å². The van der Waals surface area contributed by atoms with Gasteiger partial charge in [0.25, 0.3) is 0 Å². The van der Waals surface area contributed by atoms with Crippen LogP contribution in [0.25, 0.3) is 0 Å². The van der Waals surface area contributed by atoms with E-state index in [1.807, 2.05) is 6.42 Å². The minimum atomic E-state index is 0.135. The molecule has 9 heavy (non-hydrogen) atoms. The van der Waals surface area contributed by atoms with E-state index in [1.54, 1.807) is 6.08 Å². The zero-order valence-corrected chi connectivity index (χ0v) is 5.38. The predicted octanol–water partition coefficient (Wildman–Crippen LogP) is 0.792. The topological polar surface area (TPSA) is 18.5 Å². The van der Waals surface area contributed by atoms with Crippen LogP contribution in [0.1, 0.15) is 0 Å². The molecule has 1 aliphatic heterocycles. The lowest BCUT2D eigenvalue weighted by Gasteiger charge is -2.20. The summed E-state index contributed by atoms with van der Waals surface area (Å²) in [7, 11) is 0. The van der Waals surface area contributed by atoms with Gasteiger partial charge in [-0.15, -0.1) is 6.58 Å². The van der Waals surface area contributed by atoms with Crippen LogP contribution in [0.4, 0.5) is 0 Å². The van der Waals surface area contributed by atoms with Crippen molar-refractivity contribution in [3.63, 3.8) is 0 Å². The average Bonchev–Trinajstić information content (AvgIpc) is 1.91. The molecule has 2 heteroatoms. The van der Waals surface area contributed by atoms with Gasteiger partial charge in [-0.2, -0.15) is 0 Å².